The van der Waals surface area contributed by atoms with Gasteiger partial charge in [0.15, 0.2) is 0 Å². The smallest absolute Gasteiger partial charge is 0.258 e. The minimum absolute atomic E-state index is 0.0681. The molecule has 1 amide bonds. The van der Waals surface area contributed by atoms with Crippen LogP contribution in [0.4, 0.5) is 0 Å². The molecular weight excluding hydrogens is 200 g/mol. The Bertz CT molecular complexity index is 391. The zero-order chi connectivity index (χ0) is 11.5. The fourth-order valence-electron chi connectivity index (χ4n) is 1.94. The van der Waals surface area contributed by atoms with E-state index in [9.17, 15) is 4.79 Å². The van der Waals surface area contributed by atoms with Gasteiger partial charge in [-0.1, -0.05) is 31.7 Å². The molecule has 1 aliphatic rings. The fraction of sp³-hybridized carbons (Fsp3) is 0.308. The number of nitrogens with one attached hydrogen (secondary N) is 1. The molecule has 84 valence electrons. The van der Waals surface area contributed by atoms with Gasteiger partial charge in [0.05, 0.1) is 0 Å². The Labute approximate surface area is 95.8 Å². The third-order valence-corrected chi connectivity index (χ3v) is 2.80. The summed E-state index contributed by atoms with van der Waals surface area (Å²) in [5.74, 6) is 0.0681. The standard InChI is InChI=1S/C13H16N2O/c1-3-14-8-9-15-10(2)11-6-4-5-7-12(11)13(15)16/h4-7,14H,2-3,8-9H2,1H3. The van der Waals surface area contributed by atoms with E-state index in [4.69, 9.17) is 0 Å². The Morgan fingerprint density at radius 3 is 2.62 bits per heavy atom. The summed E-state index contributed by atoms with van der Waals surface area (Å²) in [5, 5.41) is 3.21. The first-order chi connectivity index (χ1) is 7.75. The largest absolute Gasteiger partial charge is 0.315 e. The van der Waals surface area contributed by atoms with E-state index in [1.54, 1.807) is 4.90 Å². The number of benzene rings is 1. The first-order valence-electron chi connectivity index (χ1n) is 5.56. The number of rotatable bonds is 4. The first-order valence-corrected chi connectivity index (χ1v) is 5.56. The van der Waals surface area contributed by atoms with Gasteiger partial charge in [-0.25, -0.2) is 0 Å². The van der Waals surface area contributed by atoms with Gasteiger partial charge >= 0.3 is 0 Å². The summed E-state index contributed by atoms with van der Waals surface area (Å²) in [7, 11) is 0. The Balaban J connectivity index is 2.15. The van der Waals surface area contributed by atoms with Gasteiger partial charge in [0.25, 0.3) is 5.91 Å². The second kappa shape index (κ2) is 4.49. The highest BCUT2D eigenvalue weighted by Gasteiger charge is 2.29. The second-order valence-electron chi connectivity index (χ2n) is 3.80. The van der Waals surface area contributed by atoms with Gasteiger partial charge < -0.3 is 10.2 Å². The van der Waals surface area contributed by atoms with Crippen LogP contribution < -0.4 is 5.32 Å². The maximum Gasteiger partial charge on any atom is 0.258 e. The van der Waals surface area contributed by atoms with Crippen LogP contribution in [-0.4, -0.2) is 30.4 Å². The van der Waals surface area contributed by atoms with Crippen LogP contribution >= 0.6 is 0 Å². The molecule has 0 aromatic heterocycles. The van der Waals surface area contributed by atoms with Crippen molar-refractivity contribution in [3.05, 3.63) is 42.0 Å². The van der Waals surface area contributed by atoms with Crippen LogP contribution in [0.1, 0.15) is 22.8 Å². The third-order valence-electron chi connectivity index (χ3n) is 2.80. The molecule has 0 radical (unpaired) electrons. The topological polar surface area (TPSA) is 32.3 Å². The molecular formula is C13H16N2O. The Kier molecular flexibility index (Phi) is 3.06. The number of amides is 1. The van der Waals surface area contributed by atoms with Crippen LogP contribution in [0.2, 0.25) is 0 Å². The van der Waals surface area contributed by atoms with Crippen molar-refractivity contribution < 1.29 is 4.79 Å². The number of fused-ring (bicyclic) bond motifs is 1. The maximum absolute atomic E-state index is 12.0. The van der Waals surface area contributed by atoms with E-state index in [-0.39, 0.29) is 5.91 Å². The second-order valence-corrected chi connectivity index (χ2v) is 3.80. The lowest BCUT2D eigenvalue weighted by molar-refractivity contribution is 0.0851. The molecule has 2 rings (SSSR count). The molecule has 3 nitrogen and oxygen atoms in total. The quantitative estimate of drug-likeness (QED) is 0.777. The lowest BCUT2D eigenvalue weighted by atomic mass is 10.1. The minimum Gasteiger partial charge on any atom is -0.315 e. The van der Waals surface area contributed by atoms with Crippen LogP contribution in [0.5, 0.6) is 0 Å². The van der Waals surface area contributed by atoms with E-state index in [1.807, 2.05) is 24.3 Å². The summed E-state index contributed by atoms with van der Waals surface area (Å²) in [6.45, 7) is 8.43. The number of carbonyl (C=O) groups is 1. The number of carbonyl (C=O) groups excluding carboxylic acids is 1. The lowest BCUT2D eigenvalue weighted by Gasteiger charge is -2.17. The van der Waals surface area contributed by atoms with Gasteiger partial charge in [0, 0.05) is 29.9 Å². The predicted octanol–water partition coefficient (Wildman–Crippen LogP) is 1.72. The molecule has 0 fully saturated rings. The van der Waals surface area contributed by atoms with Crippen molar-refractivity contribution in [3.63, 3.8) is 0 Å². The van der Waals surface area contributed by atoms with E-state index >= 15 is 0 Å². The lowest BCUT2D eigenvalue weighted by Crippen LogP contribution is -2.31. The monoisotopic (exact) mass is 216 g/mol. The average Bonchev–Trinajstić information content (AvgIpc) is 2.55. The molecule has 1 heterocycles. The van der Waals surface area contributed by atoms with Crippen LogP contribution in [0.15, 0.2) is 30.8 Å². The molecule has 0 saturated carbocycles. The summed E-state index contributed by atoms with van der Waals surface area (Å²) in [6.07, 6.45) is 0. The number of hydrogen-bond acceptors (Lipinski definition) is 2. The summed E-state index contributed by atoms with van der Waals surface area (Å²) in [6, 6.07) is 7.63. The van der Waals surface area contributed by atoms with E-state index in [0.717, 1.165) is 29.9 Å². The van der Waals surface area contributed by atoms with Crippen LogP contribution in [0.25, 0.3) is 5.70 Å². The molecule has 0 aliphatic carbocycles. The highest BCUT2D eigenvalue weighted by molar-refractivity contribution is 6.08. The van der Waals surface area contributed by atoms with E-state index in [1.165, 1.54) is 0 Å². The van der Waals surface area contributed by atoms with Gasteiger partial charge in [0.2, 0.25) is 0 Å². The molecule has 1 aromatic carbocycles. The van der Waals surface area contributed by atoms with Crippen molar-refractivity contribution in [2.75, 3.05) is 19.6 Å². The highest BCUT2D eigenvalue weighted by atomic mass is 16.2. The van der Waals surface area contributed by atoms with Crippen molar-refractivity contribution in [1.29, 1.82) is 0 Å². The SMILES string of the molecule is C=C1c2ccccc2C(=O)N1CCNCC. The normalized spacial score (nSPS) is 14.4. The van der Waals surface area contributed by atoms with E-state index in [0.29, 0.717) is 6.54 Å². The molecule has 1 aromatic rings. The highest BCUT2D eigenvalue weighted by Crippen LogP contribution is 2.30. The number of hydrogen-bond donors (Lipinski definition) is 1. The first kappa shape index (κ1) is 10.9. The van der Waals surface area contributed by atoms with Gasteiger partial charge in [-0.05, 0) is 12.6 Å². The predicted molar refractivity (Wildman–Crippen MR) is 65.1 cm³/mol. The van der Waals surface area contributed by atoms with Crippen molar-refractivity contribution in [3.8, 4) is 0 Å². The third kappa shape index (κ3) is 1.74. The Hall–Kier alpha value is -1.61. The molecule has 3 heteroatoms. The molecule has 0 atom stereocenters. The van der Waals surface area contributed by atoms with Gasteiger partial charge in [-0.3, -0.25) is 4.79 Å². The summed E-state index contributed by atoms with van der Waals surface area (Å²) >= 11 is 0. The Morgan fingerprint density at radius 1 is 1.31 bits per heavy atom. The zero-order valence-electron chi connectivity index (χ0n) is 9.49. The van der Waals surface area contributed by atoms with Gasteiger partial charge in [0.1, 0.15) is 0 Å². The molecule has 0 unspecified atom stereocenters. The van der Waals surface area contributed by atoms with E-state index < -0.39 is 0 Å². The van der Waals surface area contributed by atoms with E-state index in [2.05, 4.69) is 18.8 Å². The molecule has 0 saturated heterocycles. The van der Waals surface area contributed by atoms with Gasteiger partial charge in [-0.15, -0.1) is 0 Å². The number of likely N-dealkylation sites (N-methyl/N-ethyl adjacent to an activating group) is 1. The van der Waals surface area contributed by atoms with Gasteiger partial charge in [-0.2, -0.15) is 0 Å². The zero-order valence-corrected chi connectivity index (χ0v) is 9.49. The molecule has 16 heavy (non-hydrogen) atoms. The van der Waals surface area contributed by atoms with Crippen LogP contribution in [0, 0.1) is 0 Å². The summed E-state index contributed by atoms with van der Waals surface area (Å²) in [5.41, 5.74) is 2.55. The summed E-state index contributed by atoms with van der Waals surface area (Å²) < 4.78 is 0. The Morgan fingerprint density at radius 2 is 2.00 bits per heavy atom. The molecule has 0 bridgehead atoms. The molecule has 1 aliphatic heterocycles. The van der Waals surface area contributed by atoms with Crippen molar-refractivity contribution >= 4 is 11.6 Å². The average molecular weight is 216 g/mol. The fourth-order valence-corrected chi connectivity index (χ4v) is 1.94. The molecule has 0 spiro atoms. The summed E-state index contributed by atoms with van der Waals surface area (Å²) in [4.78, 5) is 13.8. The van der Waals surface area contributed by atoms with Crippen LogP contribution in [0.3, 0.4) is 0 Å². The number of nitrogens with zero attached hydrogens (tertiary/aromatic N) is 1. The van der Waals surface area contributed by atoms with Crippen molar-refractivity contribution in [1.82, 2.24) is 10.2 Å². The van der Waals surface area contributed by atoms with Crippen molar-refractivity contribution in [2.45, 2.75) is 6.92 Å². The van der Waals surface area contributed by atoms with Crippen molar-refractivity contribution in [2.24, 2.45) is 0 Å². The molecule has 1 N–H and O–H groups in total. The van der Waals surface area contributed by atoms with Crippen LogP contribution in [-0.2, 0) is 0 Å². The maximum atomic E-state index is 12.0. The minimum atomic E-state index is 0.0681.